The van der Waals surface area contributed by atoms with E-state index < -0.39 is 11.7 Å². The van der Waals surface area contributed by atoms with Gasteiger partial charge in [-0.25, -0.2) is 14.8 Å². The fourth-order valence-corrected chi connectivity index (χ4v) is 7.43. The van der Waals surface area contributed by atoms with Crippen molar-refractivity contribution in [1.29, 1.82) is 0 Å². The monoisotopic (exact) mass is 624 g/mol. The number of hydrogen-bond acceptors (Lipinski definition) is 6. The quantitative estimate of drug-likeness (QED) is 0.213. The third-order valence-corrected chi connectivity index (χ3v) is 10.5. The second-order valence-electron chi connectivity index (χ2n) is 12.4. The molecule has 1 saturated carbocycles. The Morgan fingerprint density at radius 2 is 1.85 bits per heavy atom. The highest BCUT2D eigenvalue weighted by Crippen LogP contribution is 2.53. The maximum absolute atomic E-state index is 11.8. The number of carbonyl (C=O) groups is 1. The van der Waals surface area contributed by atoms with Gasteiger partial charge in [-0.05, 0) is 71.0 Å². The summed E-state index contributed by atoms with van der Waals surface area (Å²) in [5.74, 6) is 2.99. The molecule has 6 rings (SSSR count). The molecule has 2 aliphatic heterocycles. The van der Waals surface area contributed by atoms with E-state index in [0.717, 1.165) is 62.7 Å². The van der Waals surface area contributed by atoms with E-state index in [-0.39, 0.29) is 17.5 Å². The number of thioether (sulfide) groups is 1. The summed E-state index contributed by atoms with van der Waals surface area (Å²) in [6, 6.07) is 12.8. The zero-order chi connectivity index (χ0) is 28.4. The van der Waals surface area contributed by atoms with Crippen LogP contribution in [0.4, 0.5) is 10.6 Å². The van der Waals surface area contributed by atoms with E-state index >= 15 is 0 Å². The van der Waals surface area contributed by atoms with E-state index in [0.29, 0.717) is 19.0 Å². The van der Waals surface area contributed by atoms with Crippen molar-refractivity contribution in [3.63, 3.8) is 0 Å². The number of carboxylic acid groups (broad SMARTS) is 1. The average Bonchev–Trinajstić information content (AvgIpc) is 3.55. The van der Waals surface area contributed by atoms with Crippen LogP contribution >= 0.6 is 27.7 Å². The largest absolute Gasteiger partial charge is 0.479 e. The van der Waals surface area contributed by atoms with Crippen LogP contribution in [0.1, 0.15) is 70.9 Å². The third kappa shape index (κ3) is 4.63. The molecule has 3 aromatic rings. The summed E-state index contributed by atoms with van der Waals surface area (Å²) in [4.78, 5) is 25.9. The van der Waals surface area contributed by atoms with Gasteiger partial charge in [-0.1, -0.05) is 69.8 Å². The van der Waals surface area contributed by atoms with Gasteiger partial charge >= 0.3 is 6.09 Å². The van der Waals surface area contributed by atoms with Gasteiger partial charge in [-0.2, -0.15) is 0 Å². The van der Waals surface area contributed by atoms with Crippen LogP contribution in [-0.4, -0.2) is 57.0 Å². The predicted octanol–water partition coefficient (Wildman–Crippen LogP) is 7.66. The smallest absolute Gasteiger partial charge is 0.407 e. The number of ether oxygens (including phenoxy) is 1. The molecule has 212 valence electrons. The van der Waals surface area contributed by atoms with E-state index in [1.165, 1.54) is 5.56 Å². The minimum atomic E-state index is -0.833. The molecule has 1 aromatic heterocycles. The number of aromatic nitrogens is 2. The fraction of sp³-hybridized carbons (Fsp3) is 0.516. The van der Waals surface area contributed by atoms with Gasteiger partial charge in [0.05, 0.1) is 16.6 Å². The molecule has 2 aromatic carbocycles. The molecule has 3 aliphatic rings. The minimum absolute atomic E-state index is 0.00822. The summed E-state index contributed by atoms with van der Waals surface area (Å²) < 4.78 is 8.20. The van der Waals surface area contributed by atoms with E-state index in [9.17, 15) is 9.90 Å². The lowest BCUT2D eigenvalue weighted by atomic mass is 9.73. The Balaban J connectivity index is 1.55. The zero-order valence-corrected chi connectivity index (χ0v) is 26.2. The molecule has 1 N–H and O–H groups in total. The van der Waals surface area contributed by atoms with Gasteiger partial charge in [0.25, 0.3) is 0 Å². The highest BCUT2D eigenvalue weighted by molar-refractivity contribution is 9.10. The maximum Gasteiger partial charge on any atom is 0.407 e. The van der Waals surface area contributed by atoms with Crippen molar-refractivity contribution in [3.8, 4) is 5.75 Å². The molecule has 2 saturated heterocycles. The topological polar surface area (TPSA) is 78.8 Å². The second-order valence-corrected chi connectivity index (χ2v) is 14.4. The number of likely N-dealkylation sites (tertiary alicyclic amines) is 1. The number of rotatable bonds is 7. The molecular weight excluding hydrogens is 588 g/mol. The lowest BCUT2D eigenvalue weighted by Crippen LogP contribution is -2.48. The van der Waals surface area contributed by atoms with Crippen LogP contribution in [0.2, 0.25) is 0 Å². The number of anilines is 1. The Kier molecular flexibility index (Phi) is 6.97. The molecule has 1 aliphatic carbocycles. The van der Waals surface area contributed by atoms with Gasteiger partial charge in [-0.15, -0.1) is 0 Å². The summed E-state index contributed by atoms with van der Waals surface area (Å²) >= 11 is 5.61. The van der Waals surface area contributed by atoms with Crippen molar-refractivity contribution < 1.29 is 14.6 Å². The Labute approximate surface area is 248 Å². The van der Waals surface area contributed by atoms with Crippen LogP contribution in [-0.2, 0) is 5.60 Å². The lowest BCUT2D eigenvalue weighted by molar-refractivity contribution is -0.0212. The molecule has 0 spiro atoms. The van der Waals surface area contributed by atoms with Crippen molar-refractivity contribution in [1.82, 2.24) is 14.9 Å². The molecule has 3 fully saturated rings. The van der Waals surface area contributed by atoms with Gasteiger partial charge in [0.15, 0.2) is 10.9 Å². The van der Waals surface area contributed by atoms with Crippen molar-refractivity contribution >= 4 is 50.5 Å². The van der Waals surface area contributed by atoms with Crippen molar-refractivity contribution in [2.75, 3.05) is 23.7 Å². The Morgan fingerprint density at radius 1 is 1.12 bits per heavy atom. The molecule has 0 radical (unpaired) electrons. The van der Waals surface area contributed by atoms with Crippen LogP contribution in [0.25, 0.3) is 10.9 Å². The Bertz CT molecular complexity index is 1460. The summed E-state index contributed by atoms with van der Waals surface area (Å²) in [7, 11) is 0. The maximum atomic E-state index is 11.8. The molecule has 1 unspecified atom stereocenters. The van der Waals surface area contributed by atoms with Gasteiger partial charge in [-0.3, -0.25) is 0 Å². The minimum Gasteiger partial charge on any atom is -0.479 e. The number of hydrogen-bond donors (Lipinski definition) is 1. The van der Waals surface area contributed by atoms with E-state index in [1.807, 2.05) is 6.07 Å². The first-order valence-corrected chi connectivity index (χ1v) is 16.0. The first-order chi connectivity index (χ1) is 19.0. The van der Waals surface area contributed by atoms with Gasteiger partial charge < -0.3 is 19.6 Å². The van der Waals surface area contributed by atoms with Gasteiger partial charge in [0.1, 0.15) is 16.9 Å². The summed E-state index contributed by atoms with van der Waals surface area (Å²) in [6.07, 6.45) is 2.31. The second kappa shape index (κ2) is 10.1. The molecule has 2 bridgehead atoms. The SMILES string of the molecule is CCSc1nc(N2C[C@@H]3C[C@H]2CN3C(=O)O)c2cc(C3CC3)c(Br)c(OC(C)(c3ccccc3)C(C)(C)C)c2n1. The standard InChI is InChI=1S/C31H37BrN4O3S/c1-6-40-28-33-25-23(27(34-28)35-16-21-14-20(35)17-36(21)29(37)38)15-22(18-12-13-18)24(32)26(25)39-31(5,30(2,3)4)19-10-8-7-9-11-19/h7-11,15,18,20-21H,6,12-14,16-17H2,1-5H3,(H,37,38)/t20-,21-,31?/m0/s1. The van der Waals surface area contributed by atoms with Gasteiger partial charge in [0, 0.05) is 23.9 Å². The zero-order valence-electron chi connectivity index (χ0n) is 23.8. The third-order valence-electron chi connectivity index (χ3n) is 8.98. The van der Waals surface area contributed by atoms with Crippen LogP contribution in [0, 0.1) is 5.41 Å². The molecular formula is C31H37BrN4O3S. The van der Waals surface area contributed by atoms with E-state index in [2.05, 4.69) is 85.8 Å². The van der Waals surface area contributed by atoms with Crippen LogP contribution in [0.3, 0.4) is 0 Å². The Morgan fingerprint density at radius 3 is 2.42 bits per heavy atom. The molecule has 9 heteroatoms. The normalized spacial score (nSPS) is 22.1. The molecule has 1 amide bonds. The molecule has 3 heterocycles. The van der Waals surface area contributed by atoms with Crippen LogP contribution in [0.5, 0.6) is 5.75 Å². The molecule has 40 heavy (non-hydrogen) atoms. The van der Waals surface area contributed by atoms with Gasteiger partial charge in [0.2, 0.25) is 0 Å². The average molecular weight is 626 g/mol. The highest BCUT2D eigenvalue weighted by Gasteiger charge is 2.47. The highest BCUT2D eigenvalue weighted by atomic mass is 79.9. The first-order valence-electron chi connectivity index (χ1n) is 14.2. The number of fused-ring (bicyclic) bond motifs is 3. The number of amides is 1. The van der Waals surface area contributed by atoms with Crippen LogP contribution < -0.4 is 9.64 Å². The number of piperazine rings is 1. The summed E-state index contributed by atoms with van der Waals surface area (Å²) in [5, 5.41) is 11.4. The first kappa shape index (κ1) is 27.6. The summed E-state index contributed by atoms with van der Waals surface area (Å²) in [5.41, 5.74) is 2.30. The van der Waals surface area contributed by atoms with Crippen molar-refractivity contribution in [2.24, 2.45) is 5.41 Å². The number of nitrogens with zero attached hydrogens (tertiary/aromatic N) is 4. The Hall–Kier alpha value is -2.52. The predicted molar refractivity (Wildman–Crippen MR) is 164 cm³/mol. The fourth-order valence-electron chi connectivity index (χ4n) is 6.16. The number of halogens is 1. The van der Waals surface area contributed by atoms with E-state index in [4.69, 9.17) is 14.7 Å². The van der Waals surface area contributed by atoms with Crippen molar-refractivity contribution in [2.45, 2.75) is 82.6 Å². The van der Waals surface area contributed by atoms with Crippen molar-refractivity contribution in [3.05, 3.63) is 52.0 Å². The van der Waals surface area contributed by atoms with Crippen LogP contribution in [0.15, 0.2) is 46.0 Å². The molecule has 7 nitrogen and oxygen atoms in total. The molecule has 3 atom stereocenters. The van der Waals surface area contributed by atoms with E-state index in [1.54, 1.807) is 16.7 Å². The lowest BCUT2D eigenvalue weighted by Gasteiger charge is -2.43. The summed E-state index contributed by atoms with van der Waals surface area (Å²) in [6.45, 7) is 12.1. The number of benzene rings is 2.